The molecule has 24 heavy (non-hydrogen) atoms. The Labute approximate surface area is 150 Å². The Morgan fingerprint density at radius 1 is 1.04 bits per heavy atom. The normalized spacial score (nSPS) is 10.6. The van der Waals surface area contributed by atoms with Crippen LogP contribution >= 0.6 is 23.2 Å². The maximum atomic E-state index is 9.01. The number of imidazole rings is 1. The van der Waals surface area contributed by atoms with Gasteiger partial charge in [0.15, 0.2) is 0 Å². The van der Waals surface area contributed by atoms with Crippen molar-refractivity contribution in [3.8, 4) is 6.01 Å². The van der Waals surface area contributed by atoms with Crippen LogP contribution in [0.3, 0.4) is 0 Å². The van der Waals surface area contributed by atoms with E-state index in [-0.39, 0.29) is 6.61 Å². The van der Waals surface area contributed by atoms with Crippen LogP contribution in [0, 0.1) is 0 Å². The van der Waals surface area contributed by atoms with E-state index < -0.39 is 6.92 Å². The highest BCUT2D eigenvalue weighted by atomic mass is 35.5. The van der Waals surface area contributed by atoms with Gasteiger partial charge in [-0.25, -0.2) is 4.98 Å². The van der Waals surface area contributed by atoms with Gasteiger partial charge in [0, 0.05) is 28.8 Å². The Balaban J connectivity index is 1.95. The van der Waals surface area contributed by atoms with Gasteiger partial charge in [-0.1, -0.05) is 47.5 Å². The summed E-state index contributed by atoms with van der Waals surface area (Å²) in [5, 5.41) is 10.3. The summed E-state index contributed by atoms with van der Waals surface area (Å²) in [5.41, 5.74) is 2.60. The zero-order chi connectivity index (χ0) is 16.9. The summed E-state index contributed by atoms with van der Waals surface area (Å²) < 4.78 is 6.06. The van der Waals surface area contributed by atoms with E-state index in [0.29, 0.717) is 22.5 Å². The number of nitrogens with zero attached hydrogens (tertiary/aromatic N) is 1. The van der Waals surface area contributed by atoms with Crippen LogP contribution in [0.5, 0.6) is 6.01 Å². The highest BCUT2D eigenvalue weighted by Gasteiger charge is 2.25. The average molecular weight is 361 g/mol. The predicted molar refractivity (Wildman–Crippen MR) is 97.9 cm³/mol. The molecule has 3 rings (SSSR count). The van der Waals surface area contributed by atoms with Crippen molar-refractivity contribution in [2.24, 2.45) is 0 Å². The molecular formula is C17H15BCl2N2O2. The van der Waals surface area contributed by atoms with Crippen molar-refractivity contribution in [3.05, 3.63) is 70.5 Å². The van der Waals surface area contributed by atoms with Gasteiger partial charge in [0.05, 0.1) is 6.20 Å². The largest absolute Gasteiger partial charge is 0.525 e. The number of nitrogens with one attached hydrogen (secondary N) is 1. The summed E-state index contributed by atoms with van der Waals surface area (Å²) in [6.45, 7) is -0.358. The summed E-state index contributed by atoms with van der Waals surface area (Å²) in [5.74, 6) is 0. The lowest BCUT2D eigenvalue weighted by Gasteiger charge is -2.15. The van der Waals surface area contributed by atoms with E-state index in [1.54, 1.807) is 6.20 Å². The molecule has 1 heterocycles. The van der Waals surface area contributed by atoms with E-state index in [1.165, 1.54) is 0 Å². The molecule has 122 valence electrons. The second kappa shape index (κ2) is 7.75. The van der Waals surface area contributed by atoms with Crippen molar-refractivity contribution in [3.63, 3.8) is 0 Å². The van der Waals surface area contributed by atoms with Gasteiger partial charge in [-0.3, -0.25) is 0 Å². The minimum absolute atomic E-state index is 0.0493. The molecule has 2 N–H and O–H groups in total. The van der Waals surface area contributed by atoms with E-state index >= 15 is 0 Å². The van der Waals surface area contributed by atoms with Crippen LogP contribution in [-0.4, -0.2) is 28.6 Å². The van der Waals surface area contributed by atoms with Crippen molar-refractivity contribution >= 4 is 41.0 Å². The summed E-state index contributed by atoms with van der Waals surface area (Å²) in [7, 11) is 0. The standard InChI is InChI=1S/C17H15BCl2N2O2/c19-14-5-1-3-12(9-14)18(13-4-2-6-15(20)10-13)24-17-21-11-16(22-17)7-8-23/h1-6,9-11,23H,7-8H2,(H,21,22). The second-order valence-electron chi connectivity index (χ2n) is 5.30. The fraction of sp³-hybridized carbons (Fsp3) is 0.118. The summed E-state index contributed by atoms with van der Waals surface area (Å²) >= 11 is 12.2. The first kappa shape index (κ1) is 16.9. The number of hydrogen-bond donors (Lipinski definition) is 2. The summed E-state index contributed by atoms with van der Waals surface area (Å²) in [4.78, 5) is 7.27. The molecule has 0 saturated heterocycles. The van der Waals surface area contributed by atoms with Gasteiger partial charge in [0.25, 0.3) is 6.01 Å². The van der Waals surface area contributed by atoms with Gasteiger partial charge in [0.1, 0.15) is 0 Å². The van der Waals surface area contributed by atoms with Crippen molar-refractivity contribution < 1.29 is 9.76 Å². The zero-order valence-corrected chi connectivity index (χ0v) is 14.3. The number of halogens is 2. The molecule has 7 heteroatoms. The first-order valence-corrected chi connectivity index (χ1v) is 8.23. The van der Waals surface area contributed by atoms with E-state index in [4.69, 9.17) is 33.0 Å². The van der Waals surface area contributed by atoms with Crippen molar-refractivity contribution in [2.45, 2.75) is 6.42 Å². The molecule has 4 nitrogen and oxygen atoms in total. The molecule has 0 spiro atoms. The van der Waals surface area contributed by atoms with Crippen molar-refractivity contribution in [2.75, 3.05) is 6.61 Å². The molecular weight excluding hydrogens is 346 g/mol. The Hall–Kier alpha value is -1.95. The van der Waals surface area contributed by atoms with E-state index in [0.717, 1.165) is 16.6 Å². The van der Waals surface area contributed by atoms with Gasteiger partial charge < -0.3 is 14.7 Å². The smallest absolute Gasteiger partial charge is 0.429 e. The maximum Gasteiger partial charge on any atom is 0.429 e. The molecule has 0 bridgehead atoms. The number of hydrogen-bond acceptors (Lipinski definition) is 3. The van der Waals surface area contributed by atoms with Crippen molar-refractivity contribution in [1.82, 2.24) is 9.97 Å². The van der Waals surface area contributed by atoms with Crippen LogP contribution < -0.4 is 15.6 Å². The third-order valence-electron chi connectivity index (χ3n) is 3.52. The molecule has 0 fully saturated rings. The molecule has 0 aliphatic heterocycles. The van der Waals surface area contributed by atoms with Crippen LogP contribution in [0.2, 0.25) is 10.0 Å². The predicted octanol–water partition coefficient (Wildman–Crippen LogP) is 2.44. The SMILES string of the molecule is OCCc1cnc(OB(c2cccc(Cl)c2)c2cccc(Cl)c2)[nH]1. The Morgan fingerprint density at radius 2 is 1.67 bits per heavy atom. The van der Waals surface area contributed by atoms with Crippen molar-refractivity contribution in [1.29, 1.82) is 0 Å². The molecule has 0 atom stereocenters. The quantitative estimate of drug-likeness (QED) is 0.664. The van der Waals surface area contributed by atoms with Crippen LogP contribution in [0.4, 0.5) is 0 Å². The van der Waals surface area contributed by atoms with Crippen LogP contribution in [0.1, 0.15) is 5.69 Å². The Kier molecular flexibility index (Phi) is 5.46. The highest BCUT2D eigenvalue weighted by Crippen LogP contribution is 2.11. The highest BCUT2D eigenvalue weighted by molar-refractivity contribution is 6.80. The van der Waals surface area contributed by atoms with Gasteiger partial charge in [-0.15, -0.1) is 0 Å². The molecule has 3 aromatic rings. The molecule has 1 aromatic heterocycles. The van der Waals surface area contributed by atoms with Gasteiger partial charge in [-0.05, 0) is 35.2 Å². The minimum Gasteiger partial charge on any atom is -0.525 e. The fourth-order valence-corrected chi connectivity index (χ4v) is 2.82. The first-order valence-electron chi connectivity index (χ1n) is 7.48. The van der Waals surface area contributed by atoms with Gasteiger partial charge >= 0.3 is 6.92 Å². The number of aromatic nitrogens is 2. The molecule has 0 amide bonds. The van der Waals surface area contributed by atoms with E-state index in [2.05, 4.69) is 9.97 Å². The topological polar surface area (TPSA) is 58.1 Å². The molecule has 2 aromatic carbocycles. The van der Waals surface area contributed by atoms with Crippen LogP contribution in [0.15, 0.2) is 54.7 Å². The molecule has 0 saturated carbocycles. The number of aromatic amines is 1. The first-order chi connectivity index (χ1) is 11.7. The van der Waals surface area contributed by atoms with Crippen LogP contribution in [0.25, 0.3) is 0 Å². The van der Waals surface area contributed by atoms with E-state index in [9.17, 15) is 0 Å². The lowest BCUT2D eigenvalue weighted by Crippen LogP contribution is -2.47. The monoisotopic (exact) mass is 360 g/mol. The third-order valence-corrected chi connectivity index (χ3v) is 3.99. The number of H-pyrrole nitrogens is 1. The average Bonchev–Trinajstić information content (AvgIpc) is 3.00. The number of rotatable bonds is 6. The fourth-order valence-electron chi connectivity index (χ4n) is 2.43. The second-order valence-corrected chi connectivity index (χ2v) is 6.17. The minimum atomic E-state index is -0.407. The summed E-state index contributed by atoms with van der Waals surface area (Å²) in [6.07, 6.45) is 2.15. The Morgan fingerprint density at radius 3 is 2.21 bits per heavy atom. The van der Waals surface area contributed by atoms with Crippen LogP contribution in [-0.2, 0) is 6.42 Å². The van der Waals surface area contributed by atoms with Gasteiger partial charge in [-0.2, -0.15) is 0 Å². The van der Waals surface area contributed by atoms with E-state index in [1.807, 2.05) is 48.5 Å². The molecule has 0 aliphatic rings. The molecule has 0 aliphatic carbocycles. The third kappa shape index (κ3) is 4.12. The lowest BCUT2D eigenvalue weighted by atomic mass is 9.55. The number of benzene rings is 2. The molecule has 0 unspecified atom stereocenters. The number of aliphatic hydroxyl groups is 1. The number of aliphatic hydroxyl groups excluding tert-OH is 1. The molecule has 0 radical (unpaired) electrons. The Bertz CT molecular complexity index is 780. The lowest BCUT2D eigenvalue weighted by molar-refractivity contribution is 0.298. The maximum absolute atomic E-state index is 9.01. The zero-order valence-electron chi connectivity index (χ0n) is 12.7. The summed E-state index contributed by atoms with van der Waals surface area (Å²) in [6, 6.07) is 15.3. The van der Waals surface area contributed by atoms with Gasteiger partial charge in [0.2, 0.25) is 0 Å².